The first-order valence-corrected chi connectivity index (χ1v) is 10.5. The molecule has 3 aromatic rings. The summed E-state index contributed by atoms with van der Waals surface area (Å²) in [5.74, 6) is 1.05. The Labute approximate surface area is 182 Å². The largest absolute Gasteiger partial charge is 0.490 e. The highest BCUT2D eigenvalue weighted by Gasteiger charge is 2.28. The number of rotatable bonds is 6. The van der Waals surface area contributed by atoms with Gasteiger partial charge in [-0.15, -0.1) is 0 Å². The zero-order valence-electron chi connectivity index (χ0n) is 18.1. The Hall–Kier alpha value is -3.41. The van der Waals surface area contributed by atoms with Crippen molar-refractivity contribution in [2.45, 2.75) is 32.9 Å². The summed E-state index contributed by atoms with van der Waals surface area (Å²) in [7, 11) is 1.80. The van der Waals surface area contributed by atoms with E-state index in [1.807, 2.05) is 37.3 Å². The molecular formula is C25H27N3O3. The second-order valence-electron chi connectivity index (χ2n) is 8.21. The first kappa shape index (κ1) is 20.8. The molecule has 6 nitrogen and oxygen atoms in total. The average Bonchev–Trinajstić information content (AvgIpc) is 3.20. The number of hydrogen-bond acceptors (Lipinski definition) is 4. The summed E-state index contributed by atoms with van der Waals surface area (Å²) >= 11 is 0. The minimum Gasteiger partial charge on any atom is -0.490 e. The first-order chi connectivity index (χ1) is 14.9. The molecule has 4 rings (SSSR count). The van der Waals surface area contributed by atoms with Gasteiger partial charge in [-0.05, 0) is 47.9 Å². The van der Waals surface area contributed by atoms with Gasteiger partial charge in [-0.3, -0.25) is 14.6 Å². The number of fused-ring (bicyclic) bond motifs is 1. The first-order valence-electron chi connectivity index (χ1n) is 10.5. The number of hydrogen-bond donors (Lipinski definition) is 1. The fourth-order valence-electron chi connectivity index (χ4n) is 3.86. The standard InChI is InChI=1S/C25H27N3O3/c1-16(21-13-25(30)27-14-21)31-24-12-20(11-23-22(24)5-4-10-26-23)19-8-6-18(7-9-19)15-28(3)17(2)29/h4-12,16,21H,13-15H2,1-3H3,(H,27,30)/t16-,21?/m1/s1. The van der Waals surface area contributed by atoms with Crippen LogP contribution in [-0.4, -0.2) is 41.4 Å². The van der Waals surface area contributed by atoms with E-state index in [0.29, 0.717) is 19.5 Å². The predicted octanol–water partition coefficient (Wildman–Crippen LogP) is 3.78. The number of aromatic nitrogens is 1. The van der Waals surface area contributed by atoms with E-state index >= 15 is 0 Å². The molecule has 6 heteroatoms. The maximum absolute atomic E-state index is 11.6. The minimum absolute atomic E-state index is 0.0414. The Morgan fingerprint density at radius 3 is 2.68 bits per heavy atom. The normalized spacial score (nSPS) is 16.7. The van der Waals surface area contributed by atoms with Crippen LogP contribution >= 0.6 is 0 Å². The monoisotopic (exact) mass is 417 g/mol. The molecule has 0 bridgehead atoms. The van der Waals surface area contributed by atoms with E-state index in [-0.39, 0.29) is 23.8 Å². The summed E-state index contributed by atoms with van der Waals surface area (Å²) < 4.78 is 6.35. The molecule has 31 heavy (non-hydrogen) atoms. The van der Waals surface area contributed by atoms with Crippen molar-refractivity contribution < 1.29 is 14.3 Å². The van der Waals surface area contributed by atoms with Crippen LogP contribution in [0.5, 0.6) is 5.75 Å². The molecule has 2 amide bonds. The topological polar surface area (TPSA) is 71.5 Å². The Morgan fingerprint density at radius 1 is 1.23 bits per heavy atom. The van der Waals surface area contributed by atoms with Gasteiger partial charge in [0.25, 0.3) is 0 Å². The van der Waals surface area contributed by atoms with Crippen LogP contribution in [-0.2, 0) is 16.1 Å². The number of carbonyl (C=O) groups excluding carboxylic acids is 2. The lowest BCUT2D eigenvalue weighted by atomic mass is 10.0. The van der Waals surface area contributed by atoms with Crippen molar-refractivity contribution in [1.82, 2.24) is 15.2 Å². The Balaban J connectivity index is 1.63. The number of pyridine rings is 1. The third kappa shape index (κ3) is 4.68. The maximum atomic E-state index is 11.6. The molecular weight excluding hydrogens is 390 g/mol. The number of carbonyl (C=O) groups is 2. The lowest BCUT2D eigenvalue weighted by Gasteiger charge is -2.21. The lowest BCUT2D eigenvalue weighted by Crippen LogP contribution is -2.25. The summed E-state index contributed by atoms with van der Waals surface area (Å²) in [5.41, 5.74) is 4.00. The van der Waals surface area contributed by atoms with Crippen molar-refractivity contribution in [2.75, 3.05) is 13.6 Å². The third-order valence-corrected chi connectivity index (χ3v) is 5.91. The molecule has 160 valence electrons. The highest BCUT2D eigenvalue weighted by atomic mass is 16.5. The molecule has 2 aromatic carbocycles. The molecule has 1 fully saturated rings. The summed E-state index contributed by atoms with van der Waals surface area (Å²) in [6.07, 6.45) is 2.18. The molecule has 1 aromatic heterocycles. The molecule has 0 aliphatic carbocycles. The minimum atomic E-state index is -0.0953. The van der Waals surface area contributed by atoms with Gasteiger partial charge in [-0.1, -0.05) is 24.3 Å². The molecule has 1 saturated heterocycles. The van der Waals surface area contributed by atoms with Crippen molar-refractivity contribution in [3.63, 3.8) is 0 Å². The molecule has 2 heterocycles. The second-order valence-corrected chi connectivity index (χ2v) is 8.21. The molecule has 0 saturated carbocycles. The van der Waals surface area contributed by atoms with E-state index in [4.69, 9.17) is 4.74 Å². The van der Waals surface area contributed by atoms with Gasteiger partial charge in [0.05, 0.1) is 5.52 Å². The van der Waals surface area contributed by atoms with Crippen LogP contribution in [0.15, 0.2) is 54.7 Å². The fraction of sp³-hybridized carbons (Fsp3) is 0.320. The number of nitrogens with one attached hydrogen (secondary N) is 1. The zero-order valence-corrected chi connectivity index (χ0v) is 18.1. The highest BCUT2D eigenvalue weighted by molar-refractivity contribution is 5.90. The molecule has 1 aliphatic heterocycles. The van der Waals surface area contributed by atoms with Crippen LogP contribution < -0.4 is 10.1 Å². The Morgan fingerprint density at radius 2 is 2.00 bits per heavy atom. The van der Waals surface area contributed by atoms with Gasteiger partial charge < -0.3 is 15.0 Å². The Kier molecular flexibility index (Phi) is 5.89. The van der Waals surface area contributed by atoms with E-state index in [9.17, 15) is 9.59 Å². The SMILES string of the molecule is CC(=O)N(C)Cc1ccc(-c2cc(O[C@H](C)C3CNC(=O)C3)c3cccnc3c2)cc1. The molecule has 1 aliphatic rings. The molecule has 2 atom stereocenters. The zero-order chi connectivity index (χ0) is 22.0. The van der Waals surface area contributed by atoms with Crippen LogP contribution in [0.4, 0.5) is 0 Å². The van der Waals surface area contributed by atoms with E-state index in [1.54, 1.807) is 25.1 Å². The van der Waals surface area contributed by atoms with E-state index in [2.05, 4.69) is 28.5 Å². The van der Waals surface area contributed by atoms with Gasteiger partial charge in [-0.2, -0.15) is 0 Å². The number of amides is 2. The maximum Gasteiger partial charge on any atom is 0.220 e. The predicted molar refractivity (Wildman–Crippen MR) is 121 cm³/mol. The number of ether oxygens (including phenoxy) is 1. The van der Waals surface area contributed by atoms with Crippen LogP contribution in [0.3, 0.4) is 0 Å². The second kappa shape index (κ2) is 8.76. The summed E-state index contributed by atoms with van der Waals surface area (Å²) in [4.78, 5) is 29.3. The summed E-state index contributed by atoms with van der Waals surface area (Å²) in [6.45, 7) is 4.80. The van der Waals surface area contributed by atoms with Crippen molar-refractivity contribution in [3.8, 4) is 16.9 Å². The average molecular weight is 418 g/mol. The van der Waals surface area contributed by atoms with Gasteiger partial charge in [0.2, 0.25) is 11.8 Å². The van der Waals surface area contributed by atoms with Crippen molar-refractivity contribution >= 4 is 22.7 Å². The van der Waals surface area contributed by atoms with Gasteiger partial charge in [-0.25, -0.2) is 0 Å². The van der Waals surface area contributed by atoms with E-state index in [0.717, 1.165) is 33.3 Å². The third-order valence-electron chi connectivity index (χ3n) is 5.91. The Bertz CT molecular complexity index is 1110. The van der Waals surface area contributed by atoms with Crippen LogP contribution in [0.25, 0.3) is 22.0 Å². The smallest absolute Gasteiger partial charge is 0.220 e. The quantitative estimate of drug-likeness (QED) is 0.663. The van der Waals surface area contributed by atoms with Crippen LogP contribution in [0.1, 0.15) is 25.8 Å². The molecule has 0 radical (unpaired) electrons. The lowest BCUT2D eigenvalue weighted by molar-refractivity contribution is -0.128. The van der Waals surface area contributed by atoms with Gasteiger partial charge in [0, 0.05) is 51.0 Å². The van der Waals surface area contributed by atoms with Gasteiger partial charge >= 0.3 is 0 Å². The summed E-state index contributed by atoms with van der Waals surface area (Å²) in [5, 5.41) is 3.83. The number of benzene rings is 2. The van der Waals surface area contributed by atoms with Gasteiger partial charge in [0.1, 0.15) is 11.9 Å². The highest BCUT2D eigenvalue weighted by Crippen LogP contribution is 2.33. The summed E-state index contributed by atoms with van der Waals surface area (Å²) in [6, 6.07) is 16.2. The van der Waals surface area contributed by atoms with E-state index in [1.165, 1.54) is 0 Å². The van der Waals surface area contributed by atoms with Crippen LogP contribution in [0.2, 0.25) is 0 Å². The van der Waals surface area contributed by atoms with Gasteiger partial charge in [0.15, 0.2) is 0 Å². The van der Waals surface area contributed by atoms with E-state index < -0.39 is 0 Å². The molecule has 1 unspecified atom stereocenters. The van der Waals surface area contributed by atoms with Crippen molar-refractivity contribution in [1.29, 1.82) is 0 Å². The van der Waals surface area contributed by atoms with Crippen LogP contribution in [0, 0.1) is 5.92 Å². The van der Waals surface area contributed by atoms with Crippen molar-refractivity contribution in [3.05, 3.63) is 60.3 Å². The fourth-order valence-corrected chi connectivity index (χ4v) is 3.86. The van der Waals surface area contributed by atoms with Crippen molar-refractivity contribution in [2.24, 2.45) is 5.92 Å². The molecule has 1 N–H and O–H groups in total. The molecule has 0 spiro atoms. The number of nitrogens with zero attached hydrogens (tertiary/aromatic N) is 2.